The summed E-state index contributed by atoms with van der Waals surface area (Å²) in [6.45, 7) is 2.08. The van der Waals surface area contributed by atoms with Crippen molar-refractivity contribution < 1.29 is 22.7 Å². The minimum atomic E-state index is -4.44. The van der Waals surface area contributed by atoms with Crippen LogP contribution in [0.25, 0.3) is 0 Å². The fourth-order valence-corrected chi connectivity index (χ4v) is 2.79. The second kappa shape index (κ2) is 9.11. The van der Waals surface area contributed by atoms with E-state index in [0.29, 0.717) is 23.5 Å². The van der Waals surface area contributed by atoms with Crippen LogP contribution in [0.2, 0.25) is 0 Å². The highest BCUT2D eigenvalue weighted by Crippen LogP contribution is 2.19. The van der Waals surface area contributed by atoms with Gasteiger partial charge in [0.1, 0.15) is 11.5 Å². The summed E-state index contributed by atoms with van der Waals surface area (Å²) in [5.41, 5.74) is 2.24. The molecule has 3 aromatic heterocycles. The minimum absolute atomic E-state index is 0.148. The van der Waals surface area contributed by atoms with Crippen molar-refractivity contribution in [2.24, 2.45) is 7.05 Å². The van der Waals surface area contributed by atoms with Crippen molar-refractivity contribution in [1.29, 1.82) is 0 Å². The Labute approximate surface area is 176 Å². The molecule has 0 aromatic carbocycles. The number of alkyl halides is 3. The first-order chi connectivity index (χ1) is 14.6. The van der Waals surface area contributed by atoms with Crippen LogP contribution in [-0.4, -0.2) is 43.4 Å². The van der Waals surface area contributed by atoms with Gasteiger partial charge in [-0.05, 0) is 31.5 Å². The van der Waals surface area contributed by atoms with E-state index in [2.05, 4.69) is 30.1 Å². The average Bonchev–Trinajstić information content (AvgIpc) is 3.10. The van der Waals surface area contributed by atoms with Gasteiger partial charge in [0, 0.05) is 31.2 Å². The second-order valence-corrected chi connectivity index (χ2v) is 7.00. The third-order valence-corrected chi connectivity index (χ3v) is 4.23. The number of carbonyl (C=O) groups excluding carboxylic acids is 1. The molecule has 11 heteroatoms. The molecule has 1 unspecified atom stereocenters. The number of pyridine rings is 1. The van der Waals surface area contributed by atoms with Gasteiger partial charge in [0.15, 0.2) is 6.61 Å². The lowest BCUT2D eigenvalue weighted by molar-refractivity contribution is -0.154. The van der Waals surface area contributed by atoms with E-state index in [4.69, 9.17) is 0 Å². The second-order valence-electron chi connectivity index (χ2n) is 7.00. The molecular weight excluding hydrogens is 413 g/mol. The van der Waals surface area contributed by atoms with Crippen molar-refractivity contribution >= 4 is 5.91 Å². The number of aryl methyl sites for hydroxylation is 2. The molecule has 164 valence electrons. The lowest BCUT2D eigenvalue weighted by atomic mass is 10.1. The number of ether oxygens (including phenoxy) is 1. The summed E-state index contributed by atoms with van der Waals surface area (Å²) in [5, 5.41) is 7.09. The van der Waals surface area contributed by atoms with E-state index in [0.717, 1.165) is 5.69 Å². The van der Waals surface area contributed by atoms with E-state index < -0.39 is 24.7 Å². The molecule has 0 bridgehead atoms. The van der Waals surface area contributed by atoms with Crippen molar-refractivity contribution in [1.82, 2.24) is 30.0 Å². The summed E-state index contributed by atoms with van der Waals surface area (Å²) >= 11 is 0. The summed E-state index contributed by atoms with van der Waals surface area (Å²) in [6, 6.07) is 5.84. The number of nitrogens with one attached hydrogen (secondary N) is 1. The van der Waals surface area contributed by atoms with Crippen LogP contribution in [0, 0.1) is 6.92 Å². The lowest BCUT2D eigenvalue weighted by Crippen LogP contribution is -2.28. The number of nitrogens with zero attached hydrogens (tertiary/aromatic N) is 5. The number of aromatic nitrogens is 5. The van der Waals surface area contributed by atoms with Crippen LogP contribution in [0.15, 0.2) is 36.7 Å². The van der Waals surface area contributed by atoms with E-state index >= 15 is 0 Å². The van der Waals surface area contributed by atoms with Gasteiger partial charge < -0.3 is 10.1 Å². The number of hydrogen-bond donors (Lipinski definition) is 1. The largest absolute Gasteiger partial charge is 0.468 e. The van der Waals surface area contributed by atoms with Crippen LogP contribution in [-0.2, 0) is 13.5 Å². The van der Waals surface area contributed by atoms with E-state index in [9.17, 15) is 18.0 Å². The molecule has 0 aliphatic rings. The van der Waals surface area contributed by atoms with Crippen LogP contribution in [0.5, 0.6) is 5.88 Å². The number of hydrogen-bond acceptors (Lipinski definition) is 6. The van der Waals surface area contributed by atoms with Gasteiger partial charge in [-0.15, -0.1) is 0 Å². The molecule has 3 aromatic rings. The molecule has 0 radical (unpaired) electrons. The normalized spacial score (nSPS) is 12.5. The summed E-state index contributed by atoms with van der Waals surface area (Å²) in [5.74, 6) is -0.0767. The van der Waals surface area contributed by atoms with Crippen LogP contribution < -0.4 is 10.1 Å². The van der Waals surface area contributed by atoms with Crippen LogP contribution >= 0.6 is 0 Å². The van der Waals surface area contributed by atoms with E-state index in [-0.39, 0.29) is 11.6 Å². The number of rotatable bonds is 7. The Hall–Kier alpha value is -3.50. The molecule has 3 rings (SSSR count). The van der Waals surface area contributed by atoms with Gasteiger partial charge in [-0.1, -0.05) is 6.07 Å². The topological polar surface area (TPSA) is 94.8 Å². The Morgan fingerprint density at radius 2 is 2.03 bits per heavy atom. The quantitative estimate of drug-likeness (QED) is 0.615. The molecule has 0 fully saturated rings. The Balaban J connectivity index is 1.65. The summed E-state index contributed by atoms with van der Waals surface area (Å²) in [7, 11) is 1.81. The molecule has 0 aliphatic heterocycles. The molecule has 1 N–H and O–H groups in total. The Morgan fingerprint density at radius 1 is 1.26 bits per heavy atom. The third-order valence-electron chi connectivity index (χ3n) is 4.23. The van der Waals surface area contributed by atoms with E-state index in [1.807, 2.05) is 19.3 Å². The number of halogens is 3. The van der Waals surface area contributed by atoms with Crippen LogP contribution in [0.4, 0.5) is 13.2 Å². The van der Waals surface area contributed by atoms with Crippen LogP contribution in [0.3, 0.4) is 0 Å². The molecular formula is C20H21F3N6O2. The number of carbonyl (C=O) groups is 1. The van der Waals surface area contributed by atoms with E-state index in [1.165, 1.54) is 12.3 Å². The van der Waals surface area contributed by atoms with Gasteiger partial charge in [0.25, 0.3) is 5.91 Å². The van der Waals surface area contributed by atoms with Gasteiger partial charge in [-0.25, -0.2) is 15.0 Å². The molecule has 3 heterocycles. The predicted molar refractivity (Wildman–Crippen MR) is 104 cm³/mol. The molecule has 1 atom stereocenters. The first-order valence-corrected chi connectivity index (χ1v) is 9.38. The average molecular weight is 434 g/mol. The maximum absolute atomic E-state index is 12.7. The Morgan fingerprint density at radius 3 is 2.65 bits per heavy atom. The molecule has 0 aliphatic carbocycles. The first kappa shape index (κ1) is 22.2. The zero-order valence-electron chi connectivity index (χ0n) is 17.1. The van der Waals surface area contributed by atoms with Gasteiger partial charge in [-0.2, -0.15) is 18.3 Å². The SMILES string of the molecule is Cc1cc(C(=O)NC(C)c2ccc(OCC(F)(F)F)nc2)nc(Cc2ccn(C)n2)n1. The van der Waals surface area contributed by atoms with Crippen molar-refractivity contribution in [2.75, 3.05) is 6.61 Å². The van der Waals surface area contributed by atoms with Crippen molar-refractivity contribution in [2.45, 2.75) is 32.5 Å². The van der Waals surface area contributed by atoms with E-state index in [1.54, 1.807) is 30.7 Å². The maximum Gasteiger partial charge on any atom is 0.422 e. The van der Waals surface area contributed by atoms with Gasteiger partial charge in [0.2, 0.25) is 5.88 Å². The molecule has 0 saturated heterocycles. The zero-order valence-corrected chi connectivity index (χ0v) is 17.1. The Bertz CT molecular complexity index is 1050. The van der Waals surface area contributed by atoms with Gasteiger partial charge in [-0.3, -0.25) is 9.48 Å². The fraction of sp³-hybridized carbons (Fsp3) is 0.350. The molecule has 0 saturated carbocycles. The highest BCUT2D eigenvalue weighted by Gasteiger charge is 2.28. The highest BCUT2D eigenvalue weighted by molar-refractivity contribution is 5.92. The summed E-state index contributed by atoms with van der Waals surface area (Å²) in [4.78, 5) is 25.2. The van der Waals surface area contributed by atoms with Gasteiger partial charge >= 0.3 is 6.18 Å². The lowest BCUT2D eigenvalue weighted by Gasteiger charge is -2.15. The Kier molecular flexibility index (Phi) is 6.52. The van der Waals surface area contributed by atoms with Crippen LogP contribution in [0.1, 0.15) is 46.2 Å². The first-order valence-electron chi connectivity index (χ1n) is 9.38. The molecule has 8 nitrogen and oxygen atoms in total. The molecule has 31 heavy (non-hydrogen) atoms. The maximum atomic E-state index is 12.7. The third kappa shape index (κ3) is 6.49. The smallest absolute Gasteiger partial charge is 0.422 e. The molecule has 1 amide bonds. The summed E-state index contributed by atoms with van der Waals surface area (Å²) < 4.78 is 42.9. The summed E-state index contributed by atoms with van der Waals surface area (Å²) in [6.07, 6.45) is -0.878. The fourth-order valence-electron chi connectivity index (χ4n) is 2.79. The molecule has 0 spiro atoms. The van der Waals surface area contributed by atoms with Crippen molar-refractivity contribution in [3.63, 3.8) is 0 Å². The van der Waals surface area contributed by atoms with Crippen molar-refractivity contribution in [3.05, 3.63) is 65.1 Å². The highest BCUT2D eigenvalue weighted by atomic mass is 19.4. The monoisotopic (exact) mass is 434 g/mol. The van der Waals surface area contributed by atoms with Crippen molar-refractivity contribution in [3.8, 4) is 5.88 Å². The minimum Gasteiger partial charge on any atom is -0.468 e. The number of amides is 1. The zero-order chi connectivity index (χ0) is 22.6. The standard InChI is InChI=1S/C20H21F3N6O2/c1-12-8-16(27-17(25-12)9-15-6-7-29(3)28-15)19(30)26-13(2)14-4-5-18(24-10-14)31-11-20(21,22)23/h4-8,10,13H,9,11H2,1-3H3,(H,26,30). The predicted octanol–water partition coefficient (Wildman–Crippen LogP) is 2.94. The van der Waals surface area contributed by atoms with Gasteiger partial charge in [0.05, 0.1) is 18.2 Å².